The lowest BCUT2D eigenvalue weighted by atomic mass is 10.4. The third kappa shape index (κ3) is 23.0. The van der Waals surface area contributed by atoms with E-state index in [1.807, 2.05) is 20.8 Å². The summed E-state index contributed by atoms with van der Waals surface area (Å²) in [4.78, 5) is 0. The van der Waals surface area contributed by atoms with Crippen molar-refractivity contribution in [3.63, 3.8) is 0 Å². The first kappa shape index (κ1) is 40.9. The smallest absolute Gasteiger partial charge is 0.400 e. The molecule has 0 aliphatic carbocycles. The summed E-state index contributed by atoms with van der Waals surface area (Å²) in [6, 6.07) is 2.81. The van der Waals surface area contributed by atoms with E-state index in [0.717, 1.165) is 48.2 Å². The van der Waals surface area contributed by atoms with Crippen LogP contribution in [0.4, 0.5) is 0 Å². The zero-order chi connectivity index (χ0) is 27.4. The lowest BCUT2D eigenvalue weighted by molar-refractivity contribution is 0.0712. The predicted octanol–water partition coefficient (Wildman–Crippen LogP) is 4.75. The minimum Gasteiger partial charge on any atom is -0.400 e. The first-order chi connectivity index (χ1) is 16.8. The van der Waals surface area contributed by atoms with Crippen molar-refractivity contribution in [2.24, 2.45) is 0 Å². The van der Waals surface area contributed by atoms with E-state index in [0.29, 0.717) is 19.8 Å². The molecule has 0 rings (SSSR count). The van der Waals surface area contributed by atoms with Crippen molar-refractivity contribution in [3.8, 4) is 0 Å². The monoisotopic (exact) mass is 614 g/mol. The SMILES string of the molecule is CCO[Si](CCCS)(OCC)OCC.CO[SiH](CCCCS)OC.CO[Si](CCCS)(OC)OC. The fourth-order valence-electron chi connectivity index (χ4n) is 2.90. The Hall–Kier alpha value is 1.38. The molecule has 0 saturated heterocycles. The molecule has 0 spiro atoms. The minimum absolute atomic E-state index is 0.652. The Morgan fingerprint density at radius 3 is 1.20 bits per heavy atom. The third-order valence-corrected chi connectivity index (χ3v) is 13.5. The molecule has 0 aromatic rings. The lowest BCUT2D eigenvalue weighted by Gasteiger charge is -2.28. The maximum Gasteiger partial charge on any atom is 0.500 e. The molecule has 0 amide bonds. The molecular weight excluding hydrogens is 561 g/mol. The van der Waals surface area contributed by atoms with E-state index in [2.05, 4.69) is 37.9 Å². The molecule has 0 heterocycles. The van der Waals surface area contributed by atoms with Gasteiger partial charge in [0, 0.05) is 67.5 Å². The highest BCUT2D eigenvalue weighted by atomic mass is 32.1. The largest absolute Gasteiger partial charge is 0.500 e. The quantitative estimate of drug-likeness (QED) is 0.0972. The van der Waals surface area contributed by atoms with E-state index < -0.39 is 26.9 Å². The number of rotatable bonds is 21. The van der Waals surface area contributed by atoms with Crippen molar-refractivity contribution in [3.05, 3.63) is 0 Å². The van der Waals surface area contributed by atoms with E-state index in [1.54, 1.807) is 35.5 Å². The van der Waals surface area contributed by atoms with Crippen LogP contribution in [0.2, 0.25) is 18.1 Å². The van der Waals surface area contributed by atoms with Gasteiger partial charge in [0.2, 0.25) is 0 Å². The van der Waals surface area contributed by atoms with Crippen LogP contribution in [0.1, 0.15) is 46.5 Å². The first-order valence-corrected chi connectivity index (χ1v) is 19.8. The second-order valence-corrected chi connectivity index (χ2v) is 16.6. The van der Waals surface area contributed by atoms with Gasteiger partial charge in [0.1, 0.15) is 0 Å². The average Bonchev–Trinajstić information content (AvgIpc) is 2.88. The molecule has 14 heteroatoms. The molecule has 8 nitrogen and oxygen atoms in total. The fraction of sp³-hybridized carbons (Fsp3) is 1.00. The Balaban J connectivity index is -0.000000447. The van der Waals surface area contributed by atoms with E-state index >= 15 is 0 Å². The predicted molar refractivity (Wildman–Crippen MR) is 163 cm³/mol. The molecule has 0 fully saturated rings. The summed E-state index contributed by atoms with van der Waals surface area (Å²) in [5, 5.41) is 0. The van der Waals surface area contributed by atoms with Crippen molar-refractivity contribution >= 4 is 64.8 Å². The van der Waals surface area contributed by atoms with Crippen molar-refractivity contribution in [2.45, 2.75) is 64.6 Å². The zero-order valence-electron chi connectivity index (χ0n) is 23.4. The standard InChI is InChI=1S/C9H22O3SSi.C6H16O3SSi.C6H16O2SSi/c1-4-10-14(11-5-2,12-6-3)9-7-8-13;1-7-11(8-2,9-3)6-4-5-10;1-7-10(8-2)6-4-3-5-9/h13H,4-9H2,1-3H3;10H,4-6H2,1-3H3;9-10H,3-6H2,1-2H3. The maximum absolute atomic E-state index is 5.67. The molecule has 0 saturated carbocycles. The Morgan fingerprint density at radius 2 is 0.914 bits per heavy atom. The van der Waals surface area contributed by atoms with Crippen LogP contribution >= 0.6 is 37.9 Å². The van der Waals surface area contributed by atoms with Gasteiger partial charge in [-0.1, -0.05) is 6.42 Å². The molecule has 0 unspecified atom stereocenters. The summed E-state index contributed by atoms with van der Waals surface area (Å²) in [7, 11) is 2.40. The van der Waals surface area contributed by atoms with Crippen LogP contribution in [0.25, 0.3) is 0 Å². The van der Waals surface area contributed by atoms with Gasteiger partial charge < -0.3 is 35.4 Å². The van der Waals surface area contributed by atoms with Gasteiger partial charge in [-0.15, -0.1) is 0 Å². The number of hydrogen-bond acceptors (Lipinski definition) is 11. The molecular formula is C21H54O8S3Si3. The summed E-state index contributed by atoms with van der Waals surface area (Å²) in [5.41, 5.74) is 0. The Kier molecular flexibility index (Phi) is 34.9. The first-order valence-electron chi connectivity index (χ1n) is 12.3. The average molecular weight is 615 g/mol. The highest BCUT2D eigenvalue weighted by molar-refractivity contribution is 7.80. The van der Waals surface area contributed by atoms with Crippen LogP contribution in [0.3, 0.4) is 0 Å². The maximum atomic E-state index is 5.67. The molecule has 0 aliphatic rings. The van der Waals surface area contributed by atoms with E-state index in [4.69, 9.17) is 35.4 Å². The number of thiol groups is 3. The van der Waals surface area contributed by atoms with Gasteiger partial charge in [-0.25, -0.2) is 0 Å². The Labute approximate surface area is 236 Å². The zero-order valence-corrected chi connectivity index (χ0v) is 29.2. The van der Waals surface area contributed by atoms with Crippen LogP contribution in [0, 0.1) is 0 Å². The molecule has 0 aliphatic heterocycles. The lowest BCUT2D eigenvalue weighted by Crippen LogP contribution is -2.46. The second-order valence-electron chi connectivity index (χ2n) is 7.05. The molecule has 0 radical (unpaired) electrons. The van der Waals surface area contributed by atoms with Gasteiger partial charge in [0.15, 0.2) is 0 Å². The van der Waals surface area contributed by atoms with Crippen LogP contribution in [-0.4, -0.2) is 99.5 Å². The summed E-state index contributed by atoms with van der Waals surface area (Å²) < 4.78 is 42.9. The molecule has 35 heavy (non-hydrogen) atoms. The van der Waals surface area contributed by atoms with Crippen LogP contribution in [0.5, 0.6) is 0 Å². The van der Waals surface area contributed by atoms with Crippen molar-refractivity contribution < 1.29 is 35.4 Å². The molecule has 0 aromatic carbocycles. The molecule has 0 atom stereocenters. The van der Waals surface area contributed by atoms with Crippen LogP contribution in [-0.2, 0) is 35.4 Å². The van der Waals surface area contributed by atoms with Gasteiger partial charge in [0.25, 0.3) is 0 Å². The minimum atomic E-state index is -2.37. The number of hydrogen-bond donors (Lipinski definition) is 3. The second kappa shape index (κ2) is 29.9. The molecule has 0 N–H and O–H groups in total. The highest BCUT2D eigenvalue weighted by Gasteiger charge is 2.39. The van der Waals surface area contributed by atoms with Gasteiger partial charge >= 0.3 is 26.9 Å². The van der Waals surface area contributed by atoms with Gasteiger partial charge in [-0.05, 0) is 63.3 Å². The van der Waals surface area contributed by atoms with E-state index in [1.165, 1.54) is 12.8 Å². The van der Waals surface area contributed by atoms with Crippen molar-refractivity contribution in [1.29, 1.82) is 0 Å². The van der Waals surface area contributed by atoms with Crippen LogP contribution in [0.15, 0.2) is 0 Å². The third-order valence-electron chi connectivity index (χ3n) is 4.68. The topological polar surface area (TPSA) is 73.8 Å². The normalized spacial score (nSPS) is 11.7. The summed E-state index contributed by atoms with van der Waals surface area (Å²) in [6.07, 6.45) is 4.29. The molecule has 0 bridgehead atoms. The summed E-state index contributed by atoms with van der Waals surface area (Å²) in [5.74, 6) is 2.65. The highest BCUT2D eigenvalue weighted by Crippen LogP contribution is 2.18. The van der Waals surface area contributed by atoms with Gasteiger partial charge in [0.05, 0.1) is 0 Å². The Morgan fingerprint density at radius 1 is 0.543 bits per heavy atom. The van der Waals surface area contributed by atoms with Crippen LogP contribution < -0.4 is 0 Å². The van der Waals surface area contributed by atoms with Crippen molar-refractivity contribution in [1.82, 2.24) is 0 Å². The number of unbranched alkanes of at least 4 members (excludes halogenated alkanes) is 1. The van der Waals surface area contributed by atoms with Gasteiger partial charge in [-0.3, -0.25) is 0 Å². The summed E-state index contributed by atoms with van der Waals surface area (Å²) >= 11 is 12.4. The molecule has 216 valence electrons. The van der Waals surface area contributed by atoms with E-state index in [9.17, 15) is 0 Å². The molecule has 0 aromatic heterocycles. The van der Waals surface area contributed by atoms with Crippen molar-refractivity contribution in [2.75, 3.05) is 72.6 Å². The summed E-state index contributed by atoms with van der Waals surface area (Å²) in [6.45, 7) is 7.87. The Bertz CT molecular complexity index is 389. The fourth-order valence-corrected chi connectivity index (χ4v) is 9.66. The van der Waals surface area contributed by atoms with E-state index in [-0.39, 0.29) is 0 Å². The van der Waals surface area contributed by atoms with Gasteiger partial charge in [-0.2, -0.15) is 37.9 Å².